The predicted octanol–water partition coefficient (Wildman–Crippen LogP) is 2.58. The molecule has 1 aliphatic rings. The molecular formula is C12H25NO. The van der Waals surface area contributed by atoms with Crippen molar-refractivity contribution in [3.05, 3.63) is 0 Å². The topological polar surface area (TPSA) is 21.3 Å². The largest absolute Gasteiger partial charge is 0.375 e. The van der Waals surface area contributed by atoms with Gasteiger partial charge in [0, 0.05) is 12.1 Å². The van der Waals surface area contributed by atoms with Gasteiger partial charge in [-0.05, 0) is 53.4 Å². The third-order valence-electron chi connectivity index (χ3n) is 2.82. The van der Waals surface area contributed by atoms with E-state index >= 15 is 0 Å². The summed E-state index contributed by atoms with van der Waals surface area (Å²) in [5, 5.41) is 3.57. The van der Waals surface area contributed by atoms with Crippen LogP contribution < -0.4 is 5.32 Å². The quantitative estimate of drug-likeness (QED) is 0.687. The van der Waals surface area contributed by atoms with Crippen LogP contribution in [0.2, 0.25) is 0 Å². The van der Waals surface area contributed by atoms with E-state index in [2.05, 4.69) is 39.9 Å². The molecule has 0 amide bonds. The second-order valence-electron chi connectivity index (χ2n) is 5.88. The van der Waals surface area contributed by atoms with Crippen LogP contribution in [0.15, 0.2) is 0 Å². The Bertz CT molecular complexity index is 177. The van der Waals surface area contributed by atoms with Gasteiger partial charge in [0.1, 0.15) is 0 Å². The summed E-state index contributed by atoms with van der Waals surface area (Å²) in [6.45, 7) is 12.6. The Morgan fingerprint density at radius 3 is 2.14 bits per heavy atom. The number of nitrogens with one attached hydrogen (secondary N) is 1. The van der Waals surface area contributed by atoms with Crippen LogP contribution in [0, 0.1) is 5.92 Å². The molecule has 0 aromatic carbocycles. The van der Waals surface area contributed by atoms with Crippen molar-refractivity contribution in [1.82, 2.24) is 5.32 Å². The summed E-state index contributed by atoms with van der Waals surface area (Å²) in [7, 11) is 0. The van der Waals surface area contributed by atoms with Crippen LogP contribution in [0.3, 0.4) is 0 Å². The number of hydrogen-bond donors (Lipinski definition) is 1. The molecule has 1 N–H and O–H groups in total. The first-order chi connectivity index (χ1) is 6.31. The summed E-state index contributed by atoms with van der Waals surface area (Å²) < 4.78 is 5.66. The van der Waals surface area contributed by atoms with Gasteiger partial charge in [-0.15, -0.1) is 0 Å². The Labute approximate surface area is 88.4 Å². The molecule has 0 saturated heterocycles. The summed E-state index contributed by atoms with van der Waals surface area (Å²) in [5.41, 5.74) is 0.298. The highest BCUT2D eigenvalue weighted by Gasteiger charge is 2.36. The Kier molecular flexibility index (Phi) is 3.59. The van der Waals surface area contributed by atoms with Crippen LogP contribution in [0.5, 0.6) is 0 Å². The molecular weight excluding hydrogens is 174 g/mol. The summed E-state index contributed by atoms with van der Waals surface area (Å²) in [6.07, 6.45) is 2.78. The third-order valence-corrected chi connectivity index (χ3v) is 2.82. The van der Waals surface area contributed by atoms with Crippen molar-refractivity contribution in [2.45, 2.75) is 58.6 Å². The maximum atomic E-state index is 5.66. The van der Waals surface area contributed by atoms with Crippen molar-refractivity contribution >= 4 is 0 Å². The summed E-state index contributed by atoms with van der Waals surface area (Å²) in [4.78, 5) is 0. The SMILES string of the molecule is CC(C)(C)OCCNC(C)(C)C1CC1. The Morgan fingerprint density at radius 1 is 1.14 bits per heavy atom. The smallest absolute Gasteiger partial charge is 0.0599 e. The lowest BCUT2D eigenvalue weighted by Crippen LogP contribution is -2.43. The fraction of sp³-hybridized carbons (Fsp3) is 1.00. The average molecular weight is 199 g/mol. The molecule has 2 heteroatoms. The Balaban J connectivity index is 2.09. The average Bonchev–Trinajstić information content (AvgIpc) is 2.78. The van der Waals surface area contributed by atoms with Gasteiger partial charge in [0.15, 0.2) is 0 Å². The van der Waals surface area contributed by atoms with Gasteiger partial charge in [0.25, 0.3) is 0 Å². The molecule has 0 heterocycles. The molecule has 0 aromatic rings. The molecule has 2 nitrogen and oxygen atoms in total. The second-order valence-corrected chi connectivity index (χ2v) is 5.88. The van der Waals surface area contributed by atoms with Gasteiger partial charge in [-0.2, -0.15) is 0 Å². The van der Waals surface area contributed by atoms with Crippen LogP contribution in [0.25, 0.3) is 0 Å². The number of ether oxygens (including phenoxy) is 1. The Hall–Kier alpha value is -0.0800. The standard InChI is InChI=1S/C12H25NO/c1-11(2,3)14-9-8-13-12(4,5)10-6-7-10/h10,13H,6-9H2,1-5H3. The van der Waals surface area contributed by atoms with E-state index in [1.807, 2.05) is 0 Å². The van der Waals surface area contributed by atoms with Gasteiger partial charge in [-0.3, -0.25) is 0 Å². The van der Waals surface area contributed by atoms with E-state index in [0.717, 1.165) is 19.1 Å². The summed E-state index contributed by atoms with van der Waals surface area (Å²) in [5.74, 6) is 0.886. The van der Waals surface area contributed by atoms with Crippen LogP contribution in [0.1, 0.15) is 47.5 Å². The van der Waals surface area contributed by atoms with Crippen LogP contribution >= 0.6 is 0 Å². The maximum absolute atomic E-state index is 5.66. The molecule has 1 aliphatic carbocycles. The van der Waals surface area contributed by atoms with Gasteiger partial charge in [-0.1, -0.05) is 0 Å². The summed E-state index contributed by atoms with van der Waals surface area (Å²) in [6, 6.07) is 0. The molecule has 14 heavy (non-hydrogen) atoms. The molecule has 1 fully saturated rings. The zero-order valence-electron chi connectivity index (χ0n) is 10.3. The van der Waals surface area contributed by atoms with Crippen LogP contribution in [-0.4, -0.2) is 24.3 Å². The summed E-state index contributed by atoms with van der Waals surface area (Å²) >= 11 is 0. The molecule has 1 rings (SSSR count). The molecule has 0 aromatic heterocycles. The fourth-order valence-corrected chi connectivity index (χ4v) is 1.68. The van der Waals surface area contributed by atoms with E-state index in [-0.39, 0.29) is 5.60 Å². The molecule has 84 valence electrons. The highest BCUT2D eigenvalue weighted by molar-refractivity contribution is 4.94. The molecule has 0 aliphatic heterocycles. The minimum Gasteiger partial charge on any atom is -0.375 e. The number of rotatable bonds is 5. The van der Waals surface area contributed by atoms with Crippen molar-refractivity contribution in [2.75, 3.05) is 13.2 Å². The van der Waals surface area contributed by atoms with Crippen molar-refractivity contribution in [2.24, 2.45) is 5.92 Å². The molecule has 1 saturated carbocycles. The van der Waals surface area contributed by atoms with E-state index in [4.69, 9.17) is 4.74 Å². The molecule has 0 radical (unpaired) electrons. The highest BCUT2D eigenvalue weighted by Crippen LogP contribution is 2.38. The van der Waals surface area contributed by atoms with Crippen molar-refractivity contribution in [3.8, 4) is 0 Å². The highest BCUT2D eigenvalue weighted by atomic mass is 16.5. The van der Waals surface area contributed by atoms with Crippen molar-refractivity contribution < 1.29 is 4.74 Å². The zero-order valence-corrected chi connectivity index (χ0v) is 10.3. The van der Waals surface area contributed by atoms with E-state index in [1.165, 1.54) is 12.8 Å². The fourth-order valence-electron chi connectivity index (χ4n) is 1.68. The predicted molar refractivity (Wildman–Crippen MR) is 60.5 cm³/mol. The monoisotopic (exact) mass is 199 g/mol. The van der Waals surface area contributed by atoms with Gasteiger partial charge < -0.3 is 10.1 Å². The van der Waals surface area contributed by atoms with Crippen LogP contribution in [0.4, 0.5) is 0 Å². The Morgan fingerprint density at radius 2 is 1.71 bits per heavy atom. The van der Waals surface area contributed by atoms with E-state index in [0.29, 0.717) is 5.54 Å². The van der Waals surface area contributed by atoms with Crippen LogP contribution in [-0.2, 0) is 4.74 Å². The zero-order chi connectivity index (χ0) is 10.8. The van der Waals surface area contributed by atoms with Gasteiger partial charge in [0.05, 0.1) is 12.2 Å². The lowest BCUT2D eigenvalue weighted by atomic mass is 9.99. The van der Waals surface area contributed by atoms with Gasteiger partial charge in [0.2, 0.25) is 0 Å². The van der Waals surface area contributed by atoms with Gasteiger partial charge >= 0.3 is 0 Å². The number of hydrogen-bond acceptors (Lipinski definition) is 2. The second kappa shape index (κ2) is 4.19. The van der Waals surface area contributed by atoms with E-state index < -0.39 is 0 Å². The lowest BCUT2D eigenvalue weighted by molar-refractivity contribution is -0.00321. The van der Waals surface area contributed by atoms with E-state index in [1.54, 1.807) is 0 Å². The minimum atomic E-state index is -0.00853. The third kappa shape index (κ3) is 4.43. The normalized spacial score (nSPS) is 18.6. The lowest BCUT2D eigenvalue weighted by Gasteiger charge is -2.27. The van der Waals surface area contributed by atoms with Crippen molar-refractivity contribution in [1.29, 1.82) is 0 Å². The minimum absolute atomic E-state index is 0.00853. The first-order valence-electron chi connectivity index (χ1n) is 5.70. The molecule has 0 unspecified atom stereocenters. The van der Waals surface area contributed by atoms with E-state index in [9.17, 15) is 0 Å². The van der Waals surface area contributed by atoms with Crippen molar-refractivity contribution in [3.63, 3.8) is 0 Å². The molecule has 0 bridgehead atoms. The molecule has 0 atom stereocenters. The maximum Gasteiger partial charge on any atom is 0.0599 e. The van der Waals surface area contributed by atoms with Gasteiger partial charge in [-0.25, -0.2) is 0 Å². The molecule has 0 spiro atoms. The first kappa shape index (κ1) is 12.0. The first-order valence-corrected chi connectivity index (χ1v) is 5.70.